The van der Waals surface area contributed by atoms with Crippen LogP contribution in [0.3, 0.4) is 0 Å². The second-order valence-electron chi connectivity index (χ2n) is 5.88. The average molecular weight is 310 g/mol. The van der Waals surface area contributed by atoms with Gasteiger partial charge in [0.1, 0.15) is 12.4 Å². The van der Waals surface area contributed by atoms with E-state index in [1.807, 2.05) is 24.3 Å². The average Bonchev–Trinajstić information content (AvgIpc) is 2.56. The summed E-state index contributed by atoms with van der Waals surface area (Å²) in [6, 6.07) is 7.91. The Labute approximate surface area is 132 Å². The number of carbonyl (C=O) groups is 1. The van der Waals surface area contributed by atoms with Crippen LogP contribution in [0.15, 0.2) is 24.3 Å². The van der Waals surface area contributed by atoms with Crippen molar-refractivity contribution >= 4 is 17.5 Å². The Morgan fingerprint density at radius 3 is 2.76 bits per heavy atom. The van der Waals surface area contributed by atoms with Crippen LogP contribution in [0.2, 0.25) is 0 Å². The van der Waals surface area contributed by atoms with Crippen molar-refractivity contribution in [3.8, 4) is 5.75 Å². The van der Waals surface area contributed by atoms with E-state index in [4.69, 9.17) is 16.3 Å². The Bertz CT molecular complexity index is 477. The number of para-hydroxylation sites is 1. The molecule has 1 N–H and O–H groups in total. The first-order valence-corrected chi connectivity index (χ1v) is 8.22. The molecular formula is C17H24ClNO2. The number of carbonyl (C=O) groups excluding carboxylic acids is 1. The molecule has 2 rings (SSSR count). The summed E-state index contributed by atoms with van der Waals surface area (Å²) in [5.74, 6) is 1.44. The maximum atomic E-state index is 12.4. The lowest BCUT2D eigenvalue weighted by Crippen LogP contribution is -2.43. The van der Waals surface area contributed by atoms with Crippen LogP contribution in [0.4, 0.5) is 0 Å². The second kappa shape index (κ2) is 7.17. The van der Waals surface area contributed by atoms with Gasteiger partial charge in [-0.25, -0.2) is 0 Å². The molecule has 0 spiro atoms. The molecule has 1 heterocycles. The van der Waals surface area contributed by atoms with Gasteiger partial charge >= 0.3 is 0 Å². The van der Waals surface area contributed by atoms with Gasteiger partial charge in [0.2, 0.25) is 5.91 Å². The van der Waals surface area contributed by atoms with Crippen LogP contribution in [0.5, 0.6) is 5.75 Å². The van der Waals surface area contributed by atoms with Crippen LogP contribution in [0.1, 0.15) is 32.3 Å². The molecule has 0 aliphatic carbocycles. The van der Waals surface area contributed by atoms with E-state index in [9.17, 15) is 4.79 Å². The van der Waals surface area contributed by atoms with Gasteiger partial charge in [-0.15, -0.1) is 11.6 Å². The lowest BCUT2D eigenvalue weighted by atomic mass is 9.84. The Morgan fingerprint density at radius 1 is 1.38 bits per heavy atom. The van der Waals surface area contributed by atoms with E-state index in [0.29, 0.717) is 19.0 Å². The fraction of sp³-hybridized carbons (Fsp3) is 0.588. The van der Waals surface area contributed by atoms with Crippen LogP contribution in [-0.2, 0) is 11.2 Å². The van der Waals surface area contributed by atoms with E-state index in [1.54, 1.807) is 0 Å². The number of nitrogens with one attached hydrogen (secondary N) is 1. The number of benzene rings is 1. The molecule has 0 saturated heterocycles. The molecule has 0 saturated carbocycles. The van der Waals surface area contributed by atoms with E-state index in [0.717, 1.165) is 30.6 Å². The highest BCUT2D eigenvalue weighted by molar-refractivity contribution is 6.18. The van der Waals surface area contributed by atoms with E-state index < -0.39 is 0 Å². The summed E-state index contributed by atoms with van der Waals surface area (Å²) in [5.41, 5.74) is 1.11. The summed E-state index contributed by atoms with van der Waals surface area (Å²) in [7, 11) is 0. The van der Waals surface area contributed by atoms with Gasteiger partial charge in [0.25, 0.3) is 0 Å². The first-order chi connectivity index (χ1) is 10.1. The quantitative estimate of drug-likeness (QED) is 0.818. The summed E-state index contributed by atoms with van der Waals surface area (Å²) in [4.78, 5) is 12.4. The predicted octanol–water partition coefficient (Wildman–Crippen LogP) is 3.40. The van der Waals surface area contributed by atoms with Crippen LogP contribution < -0.4 is 10.1 Å². The standard InChI is InChI=1S/C17H24ClNO2/c1-3-17(4-2,11-18)12-19-16(20)14-9-13-7-5-6-8-15(13)21-10-14/h5-8,14H,3-4,9-12H2,1-2H3,(H,19,20). The van der Waals surface area contributed by atoms with Crippen molar-refractivity contribution in [1.29, 1.82) is 0 Å². The number of fused-ring (bicyclic) bond motifs is 1. The first kappa shape index (κ1) is 16.2. The monoisotopic (exact) mass is 309 g/mol. The van der Waals surface area contributed by atoms with Crippen molar-refractivity contribution in [3.63, 3.8) is 0 Å². The molecule has 116 valence electrons. The van der Waals surface area contributed by atoms with Gasteiger partial charge in [-0.1, -0.05) is 32.0 Å². The van der Waals surface area contributed by atoms with Gasteiger partial charge < -0.3 is 10.1 Å². The number of rotatable bonds is 6. The maximum Gasteiger partial charge on any atom is 0.226 e. The van der Waals surface area contributed by atoms with E-state index in [2.05, 4.69) is 19.2 Å². The van der Waals surface area contributed by atoms with Gasteiger partial charge in [-0.2, -0.15) is 0 Å². The molecule has 1 unspecified atom stereocenters. The highest BCUT2D eigenvalue weighted by Crippen LogP contribution is 2.29. The van der Waals surface area contributed by atoms with Crippen LogP contribution in [-0.4, -0.2) is 24.9 Å². The number of ether oxygens (including phenoxy) is 1. The lowest BCUT2D eigenvalue weighted by molar-refractivity contribution is -0.126. The maximum absolute atomic E-state index is 12.4. The zero-order chi connectivity index (χ0) is 15.3. The molecule has 4 heteroatoms. The summed E-state index contributed by atoms with van der Waals surface area (Å²) in [6.07, 6.45) is 2.68. The van der Waals surface area contributed by atoms with Gasteiger partial charge in [-0.3, -0.25) is 4.79 Å². The molecule has 1 aromatic carbocycles. The Kier molecular flexibility index (Phi) is 5.51. The summed E-state index contributed by atoms with van der Waals surface area (Å²) in [6.45, 7) is 5.34. The molecule has 3 nitrogen and oxygen atoms in total. The van der Waals surface area contributed by atoms with E-state index >= 15 is 0 Å². The zero-order valence-corrected chi connectivity index (χ0v) is 13.6. The molecular weight excluding hydrogens is 286 g/mol. The van der Waals surface area contributed by atoms with Crippen molar-refractivity contribution in [1.82, 2.24) is 5.32 Å². The third-order valence-corrected chi connectivity index (χ3v) is 5.24. The molecule has 1 aliphatic rings. The molecule has 0 fully saturated rings. The molecule has 1 atom stereocenters. The molecule has 1 aliphatic heterocycles. The van der Waals surface area contributed by atoms with Gasteiger partial charge in [0.05, 0.1) is 5.92 Å². The van der Waals surface area contributed by atoms with Crippen LogP contribution in [0, 0.1) is 11.3 Å². The fourth-order valence-electron chi connectivity index (χ4n) is 2.65. The van der Waals surface area contributed by atoms with Gasteiger partial charge in [0, 0.05) is 17.8 Å². The minimum atomic E-state index is -0.110. The third kappa shape index (κ3) is 3.70. The second-order valence-corrected chi connectivity index (χ2v) is 6.15. The van der Waals surface area contributed by atoms with E-state index in [-0.39, 0.29) is 17.2 Å². The van der Waals surface area contributed by atoms with Crippen molar-refractivity contribution < 1.29 is 9.53 Å². The summed E-state index contributed by atoms with van der Waals surface area (Å²) in [5, 5.41) is 3.07. The fourth-order valence-corrected chi connectivity index (χ4v) is 3.12. The smallest absolute Gasteiger partial charge is 0.226 e. The number of halogens is 1. The largest absolute Gasteiger partial charge is 0.492 e. The van der Waals surface area contributed by atoms with Gasteiger partial charge in [-0.05, 0) is 30.9 Å². The van der Waals surface area contributed by atoms with Crippen molar-refractivity contribution in [2.75, 3.05) is 19.0 Å². The Balaban J connectivity index is 1.93. The van der Waals surface area contributed by atoms with E-state index in [1.165, 1.54) is 0 Å². The molecule has 1 aromatic rings. The molecule has 0 bridgehead atoms. The minimum Gasteiger partial charge on any atom is -0.492 e. The Morgan fingerprint density at radius 2 is 2.10 bits per heavy atom. The van der Waals surface area contributed by atoms with Crippen molar-refractivity contribution in [2.45, 2.75) is 33.1 Å². The van der Waals surface area contributed by atoms with Crippen LogP contribution in [0.25, 0.3) is 0 Å². The summed E-state index contributed by atoms with van der Waals surface area (Å²) < 4.78 is 5.68. The number of hydrogen-bond acceptors (Lipinski definition) is 2. The van der Waals surface area contributed by atoms with Crippen LogP contribution >= 0.6 is 11.6 Å². The van der Waals surface area contributed by atoms with Gasteiger partial charge in [0.15, 0.2) is 0 Å². The minimum absolute atomic E-state index is 0.00461. The highest BCUT2D eigenvalue weighted by Gasteiger charge is 2.29. The lowest BCUT2D eigenvalue weighted by Gasteiger charge is -2.31. The molecule has 0 radical (unpaired) electrons. The predicted molar refractivity (Wildman–Crippen MR) is 85.9 cm³/mol. The number of amides is 1. The molecule has 1 amide bonds. The molecule has 0 aromatic heterocycles. The highest BCUT2D eigenvalue weighted by atomic mass is 35.5. The number of hydrogen-bond donors (Lipinski definition) is 1. The van der Waals surface area contributed by atoms with Crippen molar-refractivity contribution in [3.05, 3.63) is 29.8 Å². The zero-order valence-electron chi connectivity index (χ0n) is 12.8. The number of alkyl halides is 1. The Hall–Kier alpha value is -1.22. The third-order valence-electron chi connectivity index (χ3n) is 4.67. The SMILES string of the molecule is CCC(CC)(CCl)CNC(=O)C1COc2ccccc2C1. The first-order valence-electron chi connectivity index (χ1n) is 7.68. The normalized spacial score (nSPS) is 17.8. The van der Waals surface area contributed by atoms with Crippen molar-refractivity contribution in [2.24, 2.45) is 11.3 Å². The topological polar surface area (TPSA) is 38.3 Å². The molecule has 21 heavy (non-hydrogen) atoms. The summed E-state index contributed by atoms with van der Waals surface area (Å²) >= 11 is 6.08.